The van der Waals surface area contributed by atoms with Gasteiger partial charge in [0.15, 0.2) is 0 Å². The molecule has 0 amide bonds. The van der Waals surface area contributed by atoms with Crippen molar-refractivity contribution in [3.63, 3.8) is 0 Å². The fraction of sp³-hybridized carbons (Fsp3) is 0.600. The van der Waals surface area contributed by atoms with Crippen LogP contribution < -0.4 is 4.74 Å². The second-order valence-electron chi connectivity index (χ2n) is 1.57. The zero-order chi connectivity index (χ0) is 6.69. The summed E-state index contributed by atoms with van der Waals surface area (Å²) >= 11 is 1.19. The first-order valence-corrected chi connectivity index (χ1v) is 3.47. The molecule has 0 N–H and O–H groups in total. The molecule has 0 unspecified atom stereocenters. The minimum absolute atomic E-state index is 0.669. The van der Waals surface area contributed by atoms with Crippen LogP contribution in [0.1, 0.15) is 12.6 Å². The number of nitrogens with zero attached hydrogens (tertiary/aromatic N) is 2. The summed E-state index contributed by atoms with van der Waals surface area (Å²) in [6, 6.07) is 0. The minimum Gasteiger partial charge on any atom is -0.479 e. The van der Waals surface area contributed by atoms with Crippen LogP contribution in [0, 0.1) is 0 Å². The molecule has 0 bridgehead atoms. The number of hydrogen-bond acceptors (Lipinski definition) is 4. The first-order chi connectivity index (χ1) is 4.38. The maximum absolute atomic E-state index is 4.91. The third-order valence-electron chi connectivity index (χ3n) is 1.05. The molecule has 0 aromatic carbocycles. The Kier molecular flexibility index (Phi) is 2.00. The zero-order valence-corrected chi connectivity index (χ0v) is 6.23. The van der Waals surface area contributed by atoms with Crippen LogP contribution in [-0.2, 0) is 6.42 Å². The molecule has 0 atom stereocenters. The average molecular weight is 144 g/mol. The molecule has 3 nitrogen and oxygen atoms in total. The van der Waals surface area contributed by atoms with Crippen LogP contribution in [0.4, 0.5) is 0 Å². The van der Waals surface area contributed by atoms with Crippen molar-refractivity contribution in [3.8, 4) is 5.88 Å². The van der Waals surface area contributed by atoms with Crippen LogP contribution in [0.3, 0.4) is 0 Å². The van der Waals surface area contributed by atoms with Crippen LogP contribution in [0.15, 0.2) is 0 Å². The van der Waals surface area contributed by atoms with Gasteiger partial charge in [-0.2, -0.15) is 4.37 Å². The van der Waals surface area contributed by atoms with Gasteiger partial charge in [-0.25, -0.2) is 0 Å². The molecule has 0 aliphatic rings. The van der Waals surface area contributed by atoms with Gasteiger partial charge in [-0.05, 0) is 6.42 Å². The Morgan fingerprint density at radius 2 is 2.33 bits per heavy atom. The van der Waals surface area contributed by atoms with E-state index in [-0.39, 0.29) is 0 Å². The third kappa shape index (κ3) is 1.18. The molecule has 1 aromatic heterocycles. The molecule has 0 fully saturated rings. The Hall–Kier alpha value is -0.640. The highest BCUT2D eigenvalue weighted by Crippen LogP contribution is 2.13. The van der Waals surface area contributed by atoms with E-state index in [9.17, 15) is 0 Å². The molecule has 1 heterocycles. The Bertz CT molecular complexity index is 168. The third-order valence-corrected chi connectivity index (χ3v) is 1.60. The Morgan fingerprint density at radius 3 is 2.78 bits per heavy atom. The lowest BCUT2D eigenvalue weighted by Crippen LogP contribution is -1.87. The van der Waals surface area contributed by atoms with Crippen LogP contribution in [0.5, 0.6) is 5.88 Å². The van der Waals surface area contributed by atoms with Gasteiger partial charge < -0.3 is 4.74 Å². The summed E-state index contributed by atoms with van der Waals surface area (Å²) in [5, 5.41) is 0. The minimum atomic E-state index is 0.669. The van der Waals surface area contributed by atoms with E-state index < -0.39 is 0 Å². The maximum Gasteiger partial charge on any atom is 0.248 e. The number of rotatable bonds is 2. The second kappa shape index (κ2) is 2.77. The van der Waals surface area contributed by atoms with Gasteiger partial charge in [0, 0.05) is 0 Å². The van der Waals surface area contributed by atoms with E-state index >= 15 is 0 Å². The molecule has 9 heavy (non-hydrogen) atoms. The van der Waals surface area contributed by atoms with Crippen LogP contribution in [-0.4, -0.2) is 15.9 Å². The number of hydrogen-bond donors (Lipinski definition) is 0. The zero-order valence-electron chi connectivity index (χ0n) is 5.42. The number of aromatic nitrogens is 2. The van der Waals surface area contributed by atoms with E-state index in [1.807, 2.05) is 6.92 Å². The first kappa shape index (κ1) is 6.48. The van der Waals surface area contributed by atoms with E-state index in [2.05, 4.69) is 8.75 Å². The van der Waals surface area contributed by atoms with Gasteiger partial charge in [0.25, 0.3) is 0 Å². The maximum atomic E-state index is 4.91. The van der Waals surface area contributed by atoms with Crippen molar-refractivity contribution in [2.24, 2.45) is 0 Å². The summed E-state index contributed by atoms with van der Waals surface area (Å²) in [5.41, 5.74) is 0.947. The van der Waals surface area contributed by atoms with Gasteiger partial charge in [-0.3, -0.25) is 0 Å². The molecule has 0 spiro atoms. The van der Waals surface area contributed by atoms with E-state index in [1.54, 1.807) is 7.11 Å². The molecule has 1 rings (SSSR count). The van der Waals surface area contributed by atoms with Crippen molar-refractivity contribution >= 4 is 11.7 Å². The Balaban J connectivity index is 2.85. The summed E-state index contributed by atoms with van der Waals surface area (Å²) in [5.74, 6) is 0.669. The van der Waals surface area contributed by atoms with Crippen molar-refractivity contribution in [1.82, 2.24) is 8.75 Å². The van der Waals surface area contributed by atoms with Gasteiger partial charge in [0.05, 0.1) is 18.8 Å². The molecular formula is C5H8N2OS. The van der Waals surface area contributed by atoms with Crippen molar-refractivity contribution in [3.05, 3.63) is 5.69 Å². The number of methoxy groups -OCH3 is 1. The molecule has 4 heteroatoms. The highest BCUT2D eigenvalue weighted by atomic mass is 32.1. The fourth-order valence-electron chi connectivity index (χ4n) is 0.569. The molecule has 1 aromatic rings. The van der Waals surface area contributed by atoms with E-state index in [0.29, 0.717) is 5.88 Å². The molecule has 0 aliphatic heterocycles. The highest BCUT2D eigenvalue weighted by Gasteiger charge is 2.03. The predicted octanol–water partition coefficient (Wildman–Crippen LogP) is 1.11. The van der Waals surface area contributed by atoms with E-state index in [0.717, 1.165) is 12.1 Å². The summed E-state index contributed by atoms with van der Waals surface area (Å²) < 4.78 is 12.8. The molecule has 0 radical (unpaired) electrons. The summed E-state index contributed by atoms with van der Waals surface area (Å²) in [6.07, 6.45) is 0.889. The first-order valence-electron chi connectivity index (χ1n) is 2.74. The molecular weight excluding hydrogens is 136 g/mol. The Morgan fingerprint density at radius 1 is 1.56 bits per heavy atom. The van der Waals surface area contributed by atoms with Gasteiger partial charge in [0.1, 0.15) is 5.69 Å². The van der Waals surface area contributed by atoms with Gasteiger partial charge in [-0.1, -0.05) is 6.92 Å². The summed E-state index contributed by atoms with van der Waals surface area (Å²) in [6.45, 7) is 2.03. The predicted molar refractivity (Wildman–Crippen MR) is 35.8 cm³/mol. The quantitative estimate of drug-likeness (QED) is 0.623. The van der Waals surface area contributed by atoms with E-state index in [1.165, 1.54) is 11.7 Å². The largest absolute Gasteiger partial charge is 0.479 e. The SMILES string of the molecule is CCc1nsnc1OC. The Labute approximate surface area is 58.0 Å². The van der Waals surface area contributed by atoms with Gasteiger partial charge in [0.2, 0.25) is 5.88 Å². The summed E-state index contributed by atoms with van der Waals surface area (Å²) in [4.78, 5) is 0. The normalized spacial score (nSPS) is 9.56. The topological polar surface area (TPSA) is 35.0 Å². The smallest absolute Gasteiger partial charge is 0.248 e. The second-order valence-corrected chi connectivity index (χ2v) is 2.10. The van der Waals surface area contributed by atoms with Crippen molar-refractivity contribution in [1.29, 1.82) is 0 Å². The molecule has 0 saturated heterocycles. The van der Waals surface area contributed by atoms with Crippen LogP contribution >= 0.6 is 11.7 Å². The highest BCUT2D eigenvalue weighted by molar-refractivity contribution is 6.99. The monoisotopic (exact) mass is 144 g/mol. The lowest BCUT2D eigenvalue weighted by Gasteiger charge is -1.92. The van der Waals surface area contributed by atoms with Crippen molar-refractivity contribution in [2.75, 3.05) is 7.11 Å². The molecule has 0 aliphatic carbocycles. The van der Waals surface area contributed by atoms with Crippen LogP contribution in [0.25, 0.3) is 0 Å². The lowest BCUT2D eigenvalue weighted by atomic mass is 10.4. The van der Waals surface area contributed by atoms with E-state index in [4.69, 9.17) is 4.74 Å². The molecule has 0 saturated carbocycles. The number of ether oxygens (including phenoxy) is 1. The van der Waals surface area contributed by atoms with Crippen LogP contribution in [0.2, 0.25) is 0 Å². The summed E-state index contributed by atoms with van der Waals surface area (Å²) in [7, 11) is 1.61. The van der Waals surface area contributed by atoms with Crippen molar-refractivity contribution < 1.29 is 4.74 Å². The number of aryl methyl sites for hydroxylation is 1. The fourth-order valence-corrected chi connectivity index (χ4v) is 1.17. The molecule has 50 valence electrons. The van der Waals surface area contributed by atoms with Gasteiger partial charge in [-0.15, -0.1) is 4.37 Å². The standard InChI is InChI=1S/C5H8N2OS/c1-3-4-5(8-2)7-9-6-4/h3H2,1-2H3. The van der Waals surface area contributed by atoms with Crippen molar-refractivity contribution in [2.45, 2.75) is 13.3 Å². The average Bonchev–Trinajstić information content (AvgIpc) is 2.33. The lowest BCUT2D eigenvalue weighted by molar-refractivity contribution is 0.396. The van der Waals surface area contributed by atoms with Gasteiger partial charge >= 0.3 is 0 Å².